The van der Waals surface area contributed by atoms with Crippen LogP contribution in [0.3, 0.4) is 0 Å². The molecular formula is C63H117NO10. The van der Waals surface area contributed by atoms with Crippen LogP contribution in [0.5, 0.6) is 0 Å². The summed E-state index contributed by atoms with van der Waals surface area (Å²) in [5.74, 6) is -0.709. The third-order valence-electron chi connectivity index (χ3n) is 14.8. The van der Waals surface area contributed by atoms with Gasteiger partial charge in [-0.1, -0.05) is 242 Å². The summed E-state index contributed by atoms with van der Waals surface area (Å²) in [5, 5.41) is 76.2. The van der Waals surface area contributed by atoms with Crippen molar-refractivity contribution in [1.82, 2.24) is 5.32 Å². The van der Waals surface area contributed by atoms with E-state index in [1.54, 1.807) is 0 Å². The average molecular weight is 1050 g/mol. The van der Waals surface area contributed by atoms with Crippen LogP contribution in [0.1, 0.15) is 277 Å². The molecule has 9 unspecified atom stereocenters. The fourth-order valence-corrected chi connectivity index (χ4v) is 9.78. The topological polar surface area (TPSA) is 189 Å². The molecular weight excluding hydrogens is 931 g/mol. The van der Waals surface area contributed by atoms with Gasteiger partial charge in [-0.25, -0.2) is 0 Å². The number of aliphatic hydroxyl groups is 7. The van der Waals surface area contributed by atoms with Crippen molar-refractivity contribution >= 4 is 5.91 Å². The molecule has 0 bridgehead atoms. The molecule has 74 heavy (non-hydrogen) atoms. The van der Waals surface area contributed by atoms with E-state index in [1.165, 1.54) is 186 Å². The third kappa shape index (κ3) is 39.4. The highest BCUT2D eigenvalue weighted by molar-refractivity contribution is 5.80. The van der Waals surface area contributed by atoms with E-state index < -0.39 is 74.2 Å². The first-order chi connectivity index (χ1) is 36.2. The molecule has 9 atom stereocenters. The number of carbonyl (C=O) groups is 1. The maximum atomic E-state index is 13.2. The monoisotopic (exact) mass is 1050 g/mol. The predicted molar refractivity (Wildman–Crippen MR) is 307 cm³/mol. The summed E-state index contributed by atoms with van der Waals surface area (Å²) in [4.78, 5) is 13.2. The minimum absolute atomic E-state index is 0.246. The molecule has 1 saturated heterocycles. The second kappa shape index (κ2) is 51.8. The average Bonchev–Trinajstić information content (AvgIpc) is 3.40. The Hall–Kier alpha value is -1.93. The van der Waals surface area contributed by atoms with Crippen molar-refractivity contribution in [2.24, 2.45) is 0 Å². The molecule has 0 spiro atoms. The van der Waals surface area contributed by atoms with E-state index in [0.29, 0.717) is 19.3 Å². The van der Waals surface area contributed by atoms with E-state index in [2.05, 4.69) is 67.8 Å². The highest BCUT2D eigenvalue weighted by Gasteiger charge is 2.44. The zero-order valence-electron chi connectivity index (χ0n) is 47.6. The van der Waals surface area contributed by atoms with Crippen LogP contribution in [0.2, 0.25) is 0 Å². The first-order valence-electron chi connectivity index (χ1n) is 31.0. The highest BCUT2D eigenvalue weighted by Crippen LogP contribution is 2.23. The highest BCUT2D eigenvalue weighted by atomic mass is 16.7. The Balaban J connectivity index is 2.26. The molecule has 0 saturated carbocycles. The molecule has 8 N–H and O–H groups in total. The van der Waals surface area contributed by atoms with E-state index >= 15 is 0 Å². The maximum Gasteiger partial charge on any atom is 0.249 e. The van der Waals surface area contributed by atoms with Gasteiger partial charge in [0.1, 0.15) is 36.6 Å². The smallest absolute Gasteiger partial charge is 0.249 e. The number of allylic oxidation sites excluding steroid dienone is 8. The quantitative estimate of drug-likeness (QED) is 0.0215. The number of amides is 1. The standard InChI is InChI=1S/C63H117NO10/c1-3-5-7-9-11-13-15-17-19-21-22-23-24-25-26-27-28-29-30-31-32-33-35-37-39-41-43-45-47-49-51-56(67)62(72)64-54(53-73-63-61(71)60(70)59(69)57(52-65)74-63)58(68)55(66)50-48-46-44-42-40-38-36-34-20-18-16-14-12-10-8-6-4-2/h22-23,25-26,34,36,42,44,54-61,63,65-71H,3-21,24,27-33,35,37-41,43,45-53H2,1-2H3,(H,64,72)/b23-22-,26-25-,36-34+,44-42+. The van der Waals surface area contributed by atoms with Gasteiger partial charge in [-0.3, -0.25) is 4.79 Å². The number of rotatable bonds is 53. The Labute approximate surface area is 453 Å². The second-order valence-electron chi connectivity index (χ2n) is 21.8. The fourth-order valence-electron chi connectivity index (χ4n) is 9.78. The molecule has 0 aromatic heterocycles. The van der Waals surface area contributed by atoms with Crippen molar-refractivity contribution in [2.45, 2.75) is 332 Å². The summed E-state index contributed by atoms with van der Waals surface area (Å²) in [5.41, 5.74) is 0. The Morgan fingerprint density at radius 2 is 0.851 bits per heavy atom. The van der Waals surface area contributed by atoms with Crippen LogP contribution >= 0.6 is 0 Å². The molecule has 1 rings (SSSR count). The van der Waals surface area contributed by atoms with Crippen molar-refractivity contribution < 1.29 is 50.0 Å². The number of hydrogen-bond acceptors (Lipinski definition) is 10. The van der Waals surface area contributed by atoms with Crippen molar-refractivity contribution in [1.29, 1.82) is 0 Å². The van der Waals surface area contributed by atoms with Crippen LogP contribution < -0.4 is 5.32 Å². The van der Waals surface area contributed by atoms with E-state index in [0.717, 1.165) is 44.9 Å². The zero-order chi connectivity index (χ0) is 54.0. The molecule has 0 radical (unpaired) electrons. The van der Waals surface area contributed by atoms with Crippen molar-refractivity contribution in [3.05, 3.63) is 48.6 Å². The van der Waals surface area contributed by atoms with Gasteiger partial charge in [0.05, 0.1) is 25.4 Å². The van der Waals surface area contributed by atoms with Crippen molar-refractivity contribution in [3.8, 4) is 0 Å². The summed E-state index contributed by atoms with van der Waals surface area (Å²) in [6, 6.07) is -1.19. The Kier molecular flexibility index (Phi) is 49.1. The van der Waals surface area contributed by atoms with Crippen LogP contribution in [0.4, 0.5) is 0 Å². The van der Waals surface area contributed by atoms with Gasteiger partial charge in [-0.05, 0) is 83.5 Å². The maximum absolute atomic E-state index is 13.2. The number of unbranched alkanes of at least 4 members (excludes halogenated alkanes) is 33. The minimum atomic E-state index is -1.67. The number of ether oxygens (including phenoxy) is 2. The van der Waals surface area contributed by atoms with Gasteiger partial charge in [-0.15, -0.1) is 0 Å². The number of aliphatic hydroxyl groups excluding tert-OH is 7. The molecule has 1 amide bonds. The van der Waals surface area contributed by atoms with Gasteiger partial charge >= 0.3 is 0 Å². The summed E-state index contributed by atoms with van der Waals surface area (Å²) < 4.78 is 11.1. The molecule has 1 aliphatic heterocycles. The first kappa shape index (κ1) is 70.1. The molecule has 0 aromatic carbocycles. The largest absolute Gasteiger partial charge is 0.394 e. The van der Waals surface area contributed by atoms with Crippen molar-refractivity contribution in [2.75, 3.05) is 13.2 Å². The minimum Gasteiger partial charge on any atom is -0.394 e. The first-order valence-corrected chi connectivity index (χ1v) is 31.0. The van der Waals surface area contributed by atoms with Gasteiger partial charge in [-0.2, -0.15) is 0 Å². The van der Waals surface area contributed by atoms with E-state index in [4.69, 9.17) is 9.47 Å². The van der Waals surface area contributed by atoms with Gasteiger partial charge in [0.2, 0.25) is 5.91 Å². The SMILES string of the molecule is CCCCCCCCCC/C=C/CC/C=C/CCCC(O)C(O)C(COC1OC(CO)C(O)C(O)C1O)NC(=O)C(O)CCCCCCCCCCCCCCCC/C=C\C/C=C\CCCCCCCCCCC. The van der Waals surface area contributed by atoms with Crippen LogP contribution in [0.25, 0.3) is 0 Å². The van der Waals surface area contributed by atoms with Crippen molar-refractivity contribution in [3.63, 3.8) is 0 Å². The molecule has 1 heterocycles. The lowest BCUT2D eigenvalue weighted by molar-refractivity contribution is -0.303. The molecule has 0 aromatic rings. The van der Waals surface area contributed by atoms with Gasteiger partial charge < -0.3 is 50.5 Å². The van der Waals surface area contributed by atoms with E-state index in [1.807, 2.05) is 0 Å². The van der Waals surface area contributed by atoms with E-state index in [9.17, 15) is 40.5 Å². The third-order valence-corrected chi connectivity index (χ3v) is 14.8. The molecule has 0 aliphatic carbocycles. The van der Waals surface area contributed by atoms with Gasteiger partial charge in [0, 0.05) is 0 Å². The lowest BCUT2D eigenvalue weighted by Gasteiger charge is -2.40. The van der Waals surface area contributed by atoms with Gasteiger partial charge in [0.25, 0.3) is 0 Å². The summed E-state index contributed by atoms with van der Waals surface area (Å²) in [6.45, 7) is 3.45. The van der Waals surface area contributed by atoms with E-state index in [-0.39, 0.29) is 12.8 Å². The molecule has 434 valence electrons. The Morgan fingerprint density at radius 3 is 1.28 bits per heavy atom. The summed E-state index contributed by atoms with van der Waals surface area (Å²) in [6.07, 6.45) is 54.6. The Morgan fingerprint density at radius 1 is 0.473 bits per heavy atom. The normalized spacial score (nSPS) is 20.1. The molecule has 11 heteroatoms. The van der Waals surface area contributed by atoms with Gasteiger partial charge in [0.15, 0.2) is 6.29 Å². The lowest BCUT2D eigenvalue weighted by Crippen LogP contribution is -2.60. The van der Waals surface area contributed by atoms with Crippen LogP contribution in [-0.4, -0.2) is 110 Å². The summed E-state index contributed by atoms with van der Waals surface area (Å²) in [7, 11) is 0. The zero-order valence-corrected chi connectivity index (χ0v) is 47.6. The number of carbonyl (C=O) groups excluding carboxylic acids is 1. The van der Waals surface area contributed by atoms with Crippen LogP contribution in [0.15, 0.2) is 48.6 Å². The van der Waals surface area contributed by atoms with Crippen LogP contribution in [0, 0.1) is 0 Å². The lowest BCUT2D eigenvalue weighted by atomic mass is 9.98. The fraction of sp³-hybridized carbons (Fsp3) is 0.857. The Bertz CT molecular complexity index is 1340. The molecule has 1 aliphatic rings. The summed E-state index contributed by atoms with van der Waals surface area (Å²) >= 11 is 0. The molecule has 11 nitrogen and oxygen atoms in total. The molecule has 1 fully saturated rings. The second-order valence-corrected chi connectivity index (χ2v) is 21.8. The number of hydrogen-bond donors (Lipinski definition) is 8. The predicted octanol–water partition coefficient (Wildman–Crippen LogP) is 13.6. The number of nitrogens with one attached hydrogen (secondary N) is 1. The van der Waals surface area contributed by atoms with Crippen LogP contribution in [-0.2, 0) is 14.3 Å².